The lowest BCUT2D eigenvalue weighted by Gasteiger charge is -2.48. The number of fused-ring (bicyclic) bond motifs is 2. The van der Waals surface area contributed by atoms with Crippen LogP contribution in [0.1, 0.15) is 101 Å². The number of allylic oxidation sites excluding steroid dienone is 2. The second-order valence-corrected chi connectivity index (χ2v) is 19.7. The molecule has 15 heteroatoms. The van der Waals surface area contributed by atoms with Crippen molar-refractivity contribution >= 4 is 11.9 Å². The highest BCUT2D eigenvalue weighted by molar-refractivity contribution is 5.78. The zero-order chi connectivity index (χ0) is 47.0. The molecule has 4 fully saturated rings. The maximum Gasteiger partial charge on any atom is 0.316 e. The van der Waals surface area contributed by atoms with Gasteiger partial charge in [-0.3, -0.25) is 9.59 Å². The lowest BCUT2D eigenvalue weighted by Crippen LogP contribution is -2.58. The van der Waals surface area contributed by atoms with Crippen molar-refractivity contribution in [2.24, 2.45) is 23.7 Å². The van der Waals surface area contributed by atoms with Crippen LogP contribution in [0.2, 0.25) is 0 Å². The number of ether oxygens (including phenoxy) is 10. The van der Waals surface area contributed by atoms with Crippen LogP contribution in [0.25, 0.3) is 0 Å². The van der Waals surface area contributed by atoms with Gasteiger partial charge in [-0.15, -0.1) is 0 Å². The van der Waals surface area contributed by atoms with Crippen LogP contribution in [-0.4, -0.2) is 140 Å². The molecule has 0 aromatic heterocycles. The van der Waals surface area contributed by atoms with E-state index in [1.165, 1.54) is 6.92 Å². The van der Waals surface area contributed by atoms with Crippen molar-refractivity contribution in [1.29, 1.82) is 0 Å². The molecular weight excluding hydrogens is 839 g/mol. The topological polar surface area (TPSA) is 179 Å². The third kappa shape index (κ3) is 10.6. The van der Waals surface area contributed by atoms with Crippen LogP contribution in [0.3, 0.4) is 0 Å². The van der Waals surface area contributed by atoms with E-state index in [9.17, 15) is 19.8 Å². The quantitative estimate of drug-likeness (QED) is 0.195. The highest BCUT2D eigenvalue weighted by Gasteiger charge is 2.60. The first-order valence-electron chi connectivity index (χ1n) is 23.8. The molecule has 4 saturated heterocycles. The Morgan fingerprint density at radius 1 is 0.938 bits per heavy atom. The molecule has 15 nitrogen and oxygen atoms in total. The van der Waals surface area contributed by atoms with Gasteiger partial charge in [-0.1, -0.05) is 70.6 Å². The van der Waals surface area contributed by atoms with Crippen molar-refractivity contribution < 1.29 is 67.2 Å². The minimum Gasteiger partial charge on any atom is -0.462 e. The zero-order valence-corrected chi connectivity index (χ0v) is 40.2. The Kier molecular flexibility index (Phi) is 16.0. The van der Waals surface area contributed by atoms with Crippen molar-refractivity contribution in [3.63, 3.8) is 0 Å². The molecule has 6 aliphatic heterocycles. The third-order valence-corrected chi connectivity index (χ3v) is 14.9. The highest BCUT2D eigenvalue weighted by Crippen LogP contribution is 2.47. The minimum absolute atomic E-state index is 0.0270. The van der Waals surface area contributed by atoms with Gasteiger partial charge >= 0.3 is 5.97 Å². The van der Waals surface area contributed by atoms with Crippen molar-refractivity contribution in [2.75, 3.05) is 20.8 Å². The summed E-state index contributed by atoms with van der Waals surface area (Å²) in [6, 6.07) is -0.315. The van der Waals surface area contributed by atoms with Gasteiger partial charge in [0.15, 0.2) is 18.4 Å². The van der Waals surface area contributed by atoms with E-state index in [-0.39, 0.29) is 61.0 Å². The van der Waals surface area contributed by atoms with E-state index >= 15 is 0 Å². The monoisotopic (exact) mass is 914 g/mol. The van der Waals surface area contributed by atoms with Gasteiger partial charge in [-0.2, -0.15) is 0 Å². The van der Waals surface area contributed by atoms with E-state index in [2.05, 4.69) is 45.2 Å². The molecule has 7 rings (SSSR count). The molecule has 1 amide bonds. The number of hydrogen-bond donors (Lipinski definition) is 3. The Bertz CT molecular complexity index is 1850. The fourth-order valence-electron chi connectivity index (χ4n) is 11.0. The Labute approximate surface area is 385 Å². The van der Waals surface area contributed by atoms with E-state index in [4.69, 9.17) is 47.4 Å². The molecule has 364 valence electrons. The van der Waals surface area contributed by atoms with Crippen LogP contribution < -0.4 is 5.32 Å². The predicted molar refractivity (Wildman–Crippen MR) is 239 cm³/mol. The molecule has 1 spiro atoms. The summed E-state index contributed by atoms with van der Waals surface area (Å²) in [6.07, 6.45) is 9.46. The number of rotatable bonds is 9. The van der Waals surface area contributed by atoms with Gasteiger partial charge in [-0.25, -0.2) is 0 Å². The van der Waals surface area contributed by atoms with E-state index in [1.807, 2.05) is 39.0 Å². The van der Waals surface area contributed by atoms with Crippen LogP contribution in [0, 0.1) is 23.7 Å². The molecule has 6 heterocycles. The van der Waals surface area contributed by atoms with Gasteiger partial charge in [0.1, 0.15) is 35.9 Å². The summed E-state index contributed by atoms with van der Waals surface area (Å²) >= 11 is 0. The minimum atomic E-state index is -1.84. The lowest BCUT2D eigenvalue weighted by atomic mass is 9.71. The van der Waals surface area contributed by atoms with Crippen LogP contribution in [-0.2, 0) is 57.0 Å². The van der Waals surface area contributed by atoms with Crippen molar-refractivity contribution in [2.45, 2.75) is 198 Å². The van der Waals surface area contributed by atoms with Crippen LogP contribution in [0.5, 0.6) is 0 Å². The van der Waals surface area contributed by atoms with Crippen LogP contribution in [0.4, 0.5) is 0 Å². The standard InChI is InChI=1S/C50H75NO14/c1-12-26(2)45-29(5)18-19-49(65-45)24-36-21-35(64-49)17-16-28(4)44(27(3)14-13-15-34-25-58-47-43(53)30(6)20-37(48(54)61-36)50(34,47)55)62-41-23-39(57-11)46(32(8)60-41)63-40-22-38(56-10)42(31(7)59-40)51-33(9)52/h13-16,18-20,26-27,29,31-32,35-47,53,55H,12,17,21-25H2,1-11H3,(H,51,52)/b14-13+,28-16+,34-15+/t26?,27-,29-,31-,32-,35+,36-,37-,38-,39-,40-,41-,42-,43+,44-,45+,46-,47+,49+,50+/m0/s1. The SMILES string of the molecule is CCC(C)[C@H]1O[C@]2(C=C[C@@H]1C)C[C@@H]1C[C@@H](C/C=C(\C)[C@@H](O[C@H]3C[C@H](OC)[C@@H](O[C@H]4C[C@H](OC)[C@@H](NC(C)=O)[C@H](C)O4)[C@H](C)O3)[C@@H](C)/C=C/C=C3\CO[C@@H]4[C@H](O)C(C)=C[C@@H](C(=O)O1)[C@]34O)O2. The number of esters is 1. The van der Waals surface area contributed by atoms with Crippen molar-refractivity contribution in [3.8, 4) is 0 Å². The second-order valence-electron chi connectivity index (χ2n) is 19.7. The maximum absolute atomic E-state index is 14.4. The molecule has 1 aliphatic carbocycles. The normalized spacial score (nSPS) is 47.3. The van der Waals surface area contributed by atoms with Crippen LogP contribution >= 0.6 is 0 Å². The summed E-state index contributed by atoms with van der Waals surface area (Å²) in [6.45, 7) is 17.7. The fourth-order valence-corrected chi connectivity index (χ4v) is 11.0. The summed E-state index contributed by atoms with van der Waals surface area (Å²) in [5, 5.41) is 26.7. The third-order valence-electron chi connectivity index (χ3n) is 14.9. The summed E-state index contributed by atoms with van der Waals surface area (Å²) < 4.78 is 64.4. The first-order valence-corrected chi connectivity index (χ1v) is 23.8. The summed E-state index contributed by atoms with van der Waals surface area (Å²) in [4.78, 5) is 26.3. The highest BCUT2D eigenvalue weighted by atomic mass is 16.7. The molecule has 65 heavy (non-hydrogen) atoms. The average Bonchev–Trinajstić information content (AvgIpc) is 3.61. The molecule has 1 unspecified atom stereocenters. The Morgan fingerprint density at radius 3 is 2.35 bits per heavy atom. The number of methoxy groups -OCH3 is 2. The number of carbonyl (C=O) groups excluding carboxylic acids is 2. The van der Waals surface area contributed by atoms with E-state index in [0.29, 0.717) is 36.8 Å². The van der Waals surface area contributed by atoms with Gasteiger partial charge < -0.3 is 62.9 Å². The molecule has 20 atom stereocenters. The largest absolute Gasteiger partial charge is 0.462 e. The number of aliphatic hydroxyl groups excluding tert-OH is 1. The molecule has 0 aromatic carbocycles. The Balaban J connectivity index is 1.16. The summed E-state index contributed by atoms with van der Waals surface area (Å²) in [5.41, 5.74) is 0.116. The molecular formula is C50H75NO14. The second kappa shape index (κ2) is 20.8. The molecule has 2 bridgehead atoms. The van der Waals surface area contributed by atoms with E-state index in [0.717, 1.165) is 12.0 Å². The smallest absolute Gasteiger partial charge is 0.316 e. The summed E-state index contributed by atoms with van der Waals surface area (Å²) in [5.74, 6) is -2.75. The molecule has 7 aliphatic rings. The van der Waals surface area contributed by atoms with Gasteiger partial charge in [0.2, 0.25) is 5.91 Å². The molecule has 0 saturated carbocycles. The summed E-state index contributed by atoms with van der Waals surface area (Å²) in [7, 11) is 3.27. The number of carbonyl (C=O) groups is 2. The van der Waals surface area contributed by atoms with E-state index < -0.39 is 84.7 Å². The first-order chi connectivity index (χ1) is 30.9. The number of hydrogen-bond acceptors (Lipinski definition) is 14. The molecule has 3 N–H and O–H groups in total. The van der Waals surface area contributed by atoms with Crippen molar-refractivity contribution in [1.82, 2.24) is 5.32 Å². The number of nitrogens with one attached hydrogen (secondary N) is 1. The first kappa shape index (κ1) is 50.1. The van der Waals surface area contributed by atoms with Gasteiger partial charge in [0.05, 0.1) is 55.4 Å². The van der Waals surface area contributed by atoms with Gasteiger partial charge in [0, 0.05) is 58.7 Å². The van der Waals surface area contributed by atoms with E-state index in [1.54, 1.807) is 33.3 Å². The lowest BCUT2D eigenvalue weighted by molar-refractivity contribution is -0.311. The zero-order valence-electron chi connectivity index (χ0n) is 40.2. The molecule has 0 radical (unpaired) electrons. The average molecular weight is 914 g/mol. The number of aliphatic hydroxyl groups is 2. The Hall–Kier alpha value is -2.80. The predicted octanol–water partition coefficient (Wildman–Crippen LogP) is 5.52. The number of amides is 1. The van der Waals surface area contributed by atoms with Crippen LogP contribution in [0.15, 0.2) is 59.3 Å². The van der Waals surface area contributed by atoms with Gasteiger partial charge in [-0.05, 0) is 62.8 Å². The van der Waals surface area contributed by atoms with Crippen molar-refractivity contribution in [3.05, 3.63) is 59.3 Å². The fraction of sp³-hybridized carbons (Fsp3) is 0.760. The maximum atomic E-state index is 14.4. The Morgan fingerprint density at radius 2 is 1.65 bits per heavy atom. The molecule has 0 aromatic rings. The van der Waals surface area contributed by atoms with Gasteiger partial charge in [0.25, 0.3) is 0 Å².